The van der Waals surface area contributed by atoms with Crippen molar-refractivity contribution in [2.45, 2.75) is 38.6 Å². The quantitative estimate of drug-likeness (QED) is 0.389. The third-order valence-electron chi connectivity index (χ3n) is 4.63. The molecule has 0 heterocycles. The molecule has 1 unspecified atom stereocenters. The van der Waals surface area contributed by atoms with Gasteiger partial charge in [-0.25, -0.2) is 0 Å². The zero-order valence-electron chi connectivity index (χ0n) is 17.3. The number of nitrogens with zero attached hydrogens (tertiary/aromatic N) is 1. The van der Waals surface area contributed by atoms with E-state index in [1.807, 2.05) is 13.8 Å². The fraction of sp³-hybridized carbons (Fsp3) is 0.364. The Bertz CT molecular complexity index is 906. The van der Waals surface area contributed by atoms with Gasteiger partial charge in [-0.2, -0.15) is 0 Å². The topological polar surface area (TPSA) is 49.4 Å². The lowest BCUT2D eigenvalue weighted by atomic mass is 10.1. The maximum Gasteiger partial charge on any atom is 0.242 e. The van der Waals surface area contributed by atoms with Crippen molar-refractivity contribution in [2.24, 2.45) is 0 Å². The number of hydrogen-bond donors (Lipinski definition) is 1. The molecule has 2 amide bonds. The van der Waals surface area contributed by atoms with E-state index in [-0.39, 0.29) is 24.1 Å². The number of amides is 2. The molecule has 0 radical (unpaired) electrons. The Morgan fingerprint density at radius 3 is 2.29 bits per heavy atom. The molecule has 0 spiro atoms. The van der Waals surface area contributed by atoms with E-state index in [2.05, 4.69) is 5.32 Å². The van der Waals surface area contributed by atoms with Crippen LogP contribution in [0.1, 0.15) is 31.4 Å². The van der Waals surface area contributed by atoms with Crippen LogP contribution >= 0.6 is 58.2 Å². The summed E-state index contributed by atoms with van der Waals surface area (Å²) in [6.45, 7) is 4.41. The predicted molar refractivity (Wildman–Crippen MR) is 132 cm³/mol. The lowest BCUT2D eigenvalue weighted by molar-refractivity contribution is -0.139. The number of nitrogens with one attached hydrogen (secondary N) is 1. The smallest absolute Gasteiger partial charge is 0.242 e. The molecule has 0 aliphatic rings. The fourth-order valence-electron chi connectivity index (χ4n) is 3.04. The van der Waals surface area contributed by atoms with Gasteiger partial charge in [0.2, 0.25) is 11.8 Å². The van der Waals surface area contributed by atoms with Crippen molar-refractivity contribution < 1.29 is 9.59 Å². The Labute approximate surface area is 207 Å². The summed E-state index contributed by atoms with van der Waals surface area (Å²) in [6, 6.07) is 9.81. The first-order valence-corrected chi connectivity index (χ1v) is 12.5. The van der Waals surface area contributed by atoms with Gasteiger partial charge in [0, 0.05) is 38.9 Å². The highest BCUT2D eigenvalue weighted by Crippen LogP contribution is 2.29. The van der Waals surface area contributed by atoms with E-state index in [9.17, 15) is 9.59 Å². The third-order valence-corrected chi connectivity index (χ3v) is 6.87. The van der Waals surface area contributed by atoms with Gasteiger partial charge in [0.05, 0.1) is 5.75 Å². The molecule has 4 nitrogen and oxygen atoms in total. The number of halogens is 4. The maximum atomic E-state index is 13.2. The van der Waals surface area contributed by atoms with Crippen LogP contribution in [0.25, 0.3) is 0 Å². The summed E-state index contributed by atoms with van der Waals surface area (Å²) in [6.07, 6.45) is 0.476. The van der Waals surface area contributed by atoms with E-state index in [0.29, 0.717) is 38.8 Å². The summed E-state index contributed by atoms with van der Waals surface area (Å²) in [5, 5.41) is 4.89. The Hall–Kier alpha value is -1.11. The van der Waals surface area contributed by atoms with Crippen molar-refractivity contribution in [3.63, 3.8) is 0 Å². The second-order valence-corrected chi connectivity index (χ2v) is 9.41. The van der Waals surface area contributed by atoms with Crippen LogP contribution in [0.3, 0.4) is 0 Å². The first kappa shape index (κ1) is 26.1. The minimum absolute atomic E-state index is 0.169. The van der Waals surface area contributed by atoms with Gasteiger partial charge in [0.25, 0.3) is 0 Å². The molecule has 0 aliphatic heterocycles. The first-order valence-electron chi connectivity index (χ1n) is 9.80. The van der Waals surface area contributed by atoms with E-state index in [1.54, 1.807) is 41.3 Å². The van der Waals surface area contributed by atoms with Crippen molar-refractivity contribution in [1.82, 2.24) is 10.2 Å². The summed E-state index contributed by atoms with van der Waals surface area (Å²) in [4.78, 5) is 27.4. The zero-order chi connectivity index (χ0) is 23.0. The van der Waals surface area contributed by atoms with Crippen molar-refractivity contribution in [3.8, 4) is 0 Å². The second kappa shape index (κ2) is 12.8. The molecule has 1 N–H and O–H groups in total. The number of likely N-dealkylation sites (N-methyl/N-ethyl adjacent to an activating group) is 1. The van der Waals surface area contributed by atoms with Crippen LogP contribution in [0.15, 0.2) is 36.4 Å². The van der Waals surface area contributed by atoms with Crippen LogP contribution in [-0.2, 0) is 21.9 Å². The Kier molecular flexibility index (Phi) is 10.8. The van der Waals surface area contributed by atoms with Gasteiger partial charge in [-0.1, -0.05) is 65.5 Å². The standard InChI is InChI=1S/C22H24Cl4N2O2S/c1-3-20(22(30)27-4-2)28(11-14-8-9-15(23)10-19(14)26)21(29)13-31-12-16-17(24)6-5-7-18(16)25/h5-10,20H,3-4,11-13H2,1-2H3,(H,27,30). The maximum absolute atomic E-state index is 13.2. The predicted octanol–water partition coefficient (Wildman–Crippen LogP) is 6.48. The van der Waals surface area contributed by atoms with Crippen LogP contribution in [-0.4, -0.2) is 35.1 Å². The molecular formula is C22H24Cl4N2O2S. The molecule has 0 bridgehead atoms. The van der Waals surface area contributed by atoms with E-state index in [4.69, 9.17) is 46.4 Å². The van der Waals surface area contributed by atoms with Crippen molar-refractivity contribution in [3.05, 3.63) is 67.6 Å². The molecule has 0 saturated heterocycles. The SMILES string of the molecule is CCNC(=O)C(CC)N(Cc1ccc(Cl)cc1Cl)C(=O)CSCc1c(Cl)cccc1Cl. The average Bonchev–Trinajstić information content (AvgIpc) is 2.71. The van der Waals surface area contributed by atoms with Gasteiger partial charge >= 0.3 is 0 Å². The monoisotopic (exact) mass is 520 g/mol. The lowest BCUT2D eigenvalue weighted by Gasteiger charge is -2.31. The van der Waals surface area contributed by atoms with Gasteiger partial charge < -0.3 is 10.2 Å². The number of carbonyl (C=O) groups excluding carboxylic acids is 2. The van der Waals surface area contributed by atoms with E-state index in [1.165, 1.54) is 11.8 Å². The molecule has 0 saturated carbocycles. The zero-order valence-corrected chi connectivity index (χ0v) is 21.1. The molecule has 31 heavy (non-hydrogen) atoms. The number of hydrogen-bond acceptors (Lipinski definition) is 3. The Morgan fingerprint density at radius 2 is 1.71 bits per heavy atom. The lowest BCUT2D eigenvalue weighted by Crippen LogP contribution is -2.49. The van der Waals surface area contributed by atoms with E-state index >= 15 is 0 Å². The van der Waals surface area contributed by atoms with Crippen LogP contribution in [0, 0.1) is 0 Å². The summed E-state index contributed by atoms with van der Waals surface area (Å²) >= 11 is 26.2. The largest absolute Gasteiger partial charge is 0.355 e. The third kappa shape index (κ3) is 7.47. The van der Waals surface area contributed by atoms with Gasteiger partial charge in [0.1, 0.15) is 6.04 Å². The minimum Gasteiger partial charge on any atom is -0.355 e. The molecule has 1 atom stereocenters. The molecule has 2 aromatic rings. The van der Waals surface area contributed by atoms with E-state index in [0.717, 1.165) is 11.1 Å². The number of carbonyl (C=O) groups is 2. The summed E-state index contributed by atoms with van der Waals surface area (Å²) < 4.78 is 0. The molecular weight excluding hydrogens is 498 g/mol. The van der Waals surface area contributed by atoms with E-state index < -0.39 is 6.04 Å². The molecule has 0 fully saturated rings. The van der Waals surface area contributed by atoms with Gasteiger partial charge in [-0.3, -0.25) is 9.59 Å². The van der Waals surface area contributed by atoms with Gasteiger partial charge in [0.15, 0.2) is 0 Å². The Morgan fingerprint density at radius 1 is 1.03 bits per heavy atom. The summed E-state index contributed by atoms with van der Waals surface area (Å²) in [5.74, 6) is 0.292. The van der Waals surface area contributed by atoms with Gasteiger partial charge in [-0.15, -0.1) is 11.8 Å². The molecule has 2 rings (SSSR count). The van der Waals surface area contributed by atoms with Crippen molar-refractivity contribution >= 4 is 70.0 Å². The highest BCUT2D eigenvalue weighted by atomic mass is 35.5. The number of thioether (sulfide) groups is 1. The second-order valence-electron chi connectivity index (χ2n) is 6.77. The average molecular weight is 522 g/mol. The van der Waals surface area contributed by atoms with Crippen LogP contribution in [0.4, 0.5) is 0 Å². The summed E-state index contributed by atoms with van der Waals surface area (Å²) in [7, 11) is 0. The number of rotatable bonds is 10. The number of benzene rings is 2. The van der Waals surface area contributed by atoms with Crippen molar-refractivity contribution in [1.29, 1.82) is 0 Å². The van der Waals surface area contributed by atoms with Gasteiger partial charge in [-0.05, 0) is 48.7 Å². The van der Waals surface area contributed by atoms with Crippen LogP contribution < -0.4 is 5.32 Å². The summed E-state index contributed by atoms with van der Waals surface area (Å²) in [5.41, 5.74) is 1.51. The van der Waals surface area contributed by atoms with Crippen molar-refractivity contribution in [2.75, 3.05) is 12.3 Å². The molecule has 0 aliphatic carbocycles. The molecule has 9 heteroatoms. The van der Waals surface area contributed by atoms with Crippen LogP contribution in [0.5, 0.6) is 0 Å². The first-order chi connectivity index (χ1) is 14.8. The molecule has 168 valence electrons. The molecule has 0 aromatic heterocycles. The molecule has 2 aromatic carbocycles. The van der Waals surface area contributed by atoms with Crippen LogP contribution in [0.2, 0.25) is 20.1 Å². The highest BCUT2D eigenvalue weighted by Gasteiger charge is 2.28. The highest BCUT2D eigenvalue weighted by molar-refractivity contribution is 7.99. The Balaban J connectivity index is 2.19. The normalized spacial score (nSPS) is 11.8. The fourth-order valence-corrected chi connectivity index (χ4v) is 5.15. The minimum atomic E-state index is -0.608.